The van der Waals surface area contributed by atoms with Crippen LogP contribution < -0.4 is 5.73 Å². The summed E-state index contributed by atoms with van der Waals surface area (Å²) in [4.78, 5) is 26.1. The number of anilines is 1. The molecule has 22 heavy (non-hydrogen) atoms. The van der Waals surface area contributed by atoms with Gasteiger partial charge in [0.25, 0.3) is 11.1 Å². The van der Waals surface area contributed by atoms with E-state index in [2.05, 4.69) is 13.8 Å². The molecule has 0 bridgehead atoms. The first-order chi connectivity index (χ1) is 10.5. The van der Waals surface area contributed by atoms with E-state index in [4.69, 9.17) is 5.73 Å². The van der Waals surface area contributed by atoms with Crippen LogP contribution in [0.25, 0.3) is 6.08 Å². The fourth-order valence-corrected chi connectivity index (χ4v) is 3.12. The van der Waals surface area contributed by atoms with Crippen LogP contribution in [-0.4, -0.2) is 27.7 Å². The minimum atomic E-state index is -0.256. The van der Waals surface area contributed by atoms with Crippen molar-refractivity contribution >= 4 is 34.7 Å². The molecule has 0 unspecified atom stereocenters. The molecule has 0 aromatic heterocycles. The molecule has 2 amide bonds. The van der Waals surface area contributed by atoms with Crippen LogP contribution in [0.5, 0.6) is 5.75 Å². The lowest BCUT2D eigenvalue weighted by atomic mass is 10.0. The predicted molar refractivity (Wildman–Crippen MR) is 89.3 cm³/mol. The molecule has 0 saturated carbocycles. The van der Waals surface area contributed by atoms with Gasteiger partial charge in [-0.3, -0.25) is 14.5 Å². The minimum absolute atomic E-state index is 0.000937. The first-order valence-corrected chi connectivity index (χ1v) is 8.11. The Labute approximate surface area is 134 Å². The molecule has 6 heteroatoms. The van der Waals surface area contributed by atoms with E-state index in [1.54, 1.807) is 18.2 Å². The Kier molecular flexibility index (Phi) is 5.13. The van der Waals surface area contributed by atoms with Crippen LogP contribution in [0.15, 0.2) is 23.1 Å². The SMILES string of the molecule is CCC(CC)CN1C(=O)S/C(=C\c2ccc(O)c(N)c2)C1=O. The van der Waals surface area contributed by atoms with Crippen molar-refractivity contribution in [3.63, 3.8) is 0 Å². The smallest absolute Gasteiger partial charge is 0.293 e. The molecule has 1 aliphatic heterocycles. The van der Waals surface area contributed by atoms with Crippen LogP contribution in [0.1, 0.15) is 32.3 Å². The highest BCUT2D eigenvalue weighted by Gasteiger charge is 2.35. The van der Waals surface area contributed by atoms with Crippen LogP contribution in [0.4, 0.5) is 10.5 Å². The maximum absolute atomic E-state index is 12.4. The molecule has 1 saturated heterocycles. The summed E-state index contributed by atoms with van der Waals surface area (Å²) < 4.78 is 0. The maximum atomic E-state index is 12.4. The van der Waals surface area contributed by atoms with Crippen molar-refractivity contribution in [1.29, 1.82) is 0 Å². The molecule has 1 aromatic rings. The summed E-state index contributed by atoms with van der Waals surface area (Å²) in [6.45, 7) is 4.58. The van der Waals surface area contributed by atoms with Gasteiger partial charge in [-0.15, -0.1) is 0 Å². The molecule has 1 heterocycles. The third kappa shape index (κ3) is 3.44. The Morgan fingerprint density at radius 1 is 1.32 bits per heavy atom. The average molecular weight is 320 g/mol. The number of hydrogen-bond acceptors (Lipinski definition) is 5. The molecule has 2 rings (SSSR count). The van der Waals surface area contributed by atoms with Gasteiger partial charge < -0.3 is 10.8 Å². The van der Waals surface area contributed by atoms with Crippen LogP contribution in [-0.2, 0) is 4.79 Å². The largest absolute Gasteiger partial charge is 0.506 e. The van der Waals surface area contributed by atoms with Crippen molar-refractivity contribution in [3.05, 3.63) is 28.7 Å². The third-order valence-electron chi connectivity index (χ3n) is 3.82. The normalized spacial score (nSPS) is 17.0. The van der Waals surface area contributed by atoms with Gasteiger partial charge in [0.2, 0.25) is 0 Å². The number of amides is 2. The number of nitrogens with zero attached hydrogens (tertiary/aromatic N) is 1. The fourth-order valence-electron chi connectivity index (χ4n) is 2.28. The zero-order valence-corrected chi connectivity index (χ0v) is 13.5. The van der Waals surface area contributed by atoms with E-state index >= 15 is 0 Å². The van der Waals surface area contributed by atoms with Gasteiger partial charge in [0.05, 0.1) is 10.6 Å². The molecular weight excluding hydrogens is 300 g/mol. The molecule has 5 nitrogen and oxygen atoms in total. The number of nitrogens with two attached hydrogens (primary N) is 1. The standard InChI is InChI=1S/C16H20N2O3S/c1-3-10(4-2)9-18-15(20)14(22-16(18)21)8-11-5-6-13(19)12(17)7-11/h5-8,10,19H,3-4,9,17H2,1-2H3/b14-8-. The Bertz CT molecular complexity index is 624. The zero-order chi connectivity index (χ0) is 16.3. The summed E-state index contributed by atoms with van der Waals surface area (Å²) in [5.74, 6) is 0.0738. The molecule has 0 radical (unpaired) electrons. The molecule has 0 aliphatic carbocycles. The molecule has 1 aliphatic rings. The van der Waals surface area contributed by atoms with Gasteiger partial charge in [-0.1, -0.05) is 32.8 Å². The van der Waals surface area contributed by atoms with E-state index in [0.717, 1.165) is 24.6 Å². The van der Waals surface area contributed by atoms with Crippen LogP contribution in [0.2, 0.25) is 0 Å². The summed E-state index contributed by atoms with van der Waals surface area (Å²) in [6, 6.07) is 4.69. The number of nitrogen functional groups attached to an aromatic ring is 1. The van der Waals surface area contributed by atoms with Crippen molar-refractivity contribution in [3.8, 4) is 5.75 Å². The predicted octanol–water partition coefficient (Wildman–Crippen LogP) is 3.45. The Balaban J connectivity index is 2.20. The van der Waals surface area contributed by atoms with Gasteiger partial charge in [-0.05, 0) is 41.5 Å². The molecule has 1 fully saturated rings. The van der Waals surface area contributed by atoms with Gasteiger partial charge in [0.1, 0.15) is 5.75 Å². The molecule has 0 atom stereocenters. The summed E-state index contributed by atoms with van der Waals surface area (Å²) in [5, 5.41) is 9.19. The van der Waals surface area contributed by atoms with Gasteiger partial charge in [0, 0.05) is 6.54 Å². The van der Waals surface area contributed by atoms with E-state index < -0.39 is 0 Å². The van der Waals surface area contributed by atoms with E-state index in [1.165, 1.54) is 11.0 Å². The summed E-state index contributed by atoms with van der Waals surface area (Å²) in [7, 11) is 0. The molecule has 3 N–H and O–H groups in total. The molecule has 0 spiro atoms. The summed E-state index contributed by atoms with van der Waals surface area (Å²) in [6.07, 6.45) is 3.51. The number of hydrogen-bond donors (Lipinski definition) is 2. The highest BCUT2D eigenvalue weighted by Crippen LogP contribution is 2.34. The van der Waals surface area contributed by atoms with Crippen molar-refractivity contribution in [1.82, 2.24) is 4.90 Å². The number of thioether (sulfide) groups is 1. The quantitative estimate of drug-likeness (QED) is 0.493. The second kappa shape index (κ2) is 6.87. The molecular formula is C16H20N2O3S. The van der Waals surface area contributed by atoms with Gasteiger partial charge in [-0.25, -0.2) is 0 Å². The molecule has 1 aromatic carbocycles. The zero-order valence-electron chi connectivity index (χ0n) is 12.7. The first-order valence-electron chi connectivity index (χ1n) is 7.30. The number of carbonyl (C=O) groups excluding carboxylic acids is 2. The highest BCUT2D eigenvalue weighted by atomic mass is 32.2. The van der Waals surface area contributed by atoms with E-state index in [1.807, 2.05) is 0 Å². The Morgan fingerprint density at radius 3 is 2.59 bits per heavy atom. The fraction of sp³-hybridized carbons (Fsp3) is 0.375. The summed E-state index contributed by atoms with van der Waals surface area (Å²) in [5.41, 5.74) is 6.56. The number of phenolic OH excluding ortho intramolecular Hbond substituents is 1. The topological polar surface area (TPSA) is 83.6 Å². The number of rotatable bonds is 5. The second-order valence-electron chi connectivity index (χ2n) is 5.29. The number of phenols is 1. The lowest BCUT2D eigenvalue weighted by Gasteiger charge is -2.18. The van der Waals surface area contributed by atoms with E-state index in [0.29, 0.717) is 22.9 Å². The van der Waals surface area contributed by atoms with Crippen molar-refractivity contribution in [2.24, 2.45) is 5.92 Å². The van der Waals surface area contributed by atoms with Crippen molar-refractivity contribution < 1.29 is 14.7 Å². The van der Waals surface area contributed by atoms with E-state index in [-0.39, 0.29) is 22.6 Å². The van der Waals surface area contributed by atoms with Crippen LogP contribution in [0.3, 0.4) is 0 Å². The van der Waals surface area contributed by atoms with Crippen molar-refractivity contribution in [2.75, 3.05) is 12.3 Å². The molecule has 118 valence electrons. The second-order valence-corrected chi connectivity index (χ2v) is 6.29. The lowest BCUT2D eigenvalue weighted by Crippen LogP contribution is -2.33. The van der Waals surface area contributed by atoms with Crippen LogP contribution >= 0.6 is 11.8 Å². The number of carbonyl (C=O) groups is 2. The average Bonchev–Trinajstić information content (AvgIpc) is 2.75. The van der Waals surface area contributed by atoms with Gasteiger partial charge >= 0.3 is 0 Å². The first kappa shape index (κ1) is 16.4. The number of imide groups is 1. The maximum Gasteiger partial charge on any atom is 0.293 e. The van der Waals surface area contributed by atoms with Gasteiger partial charge in [0.15, 0.2) is 0 Å². The Hall–Kier alpha value is -1.95. The lowest BCUT2D eigenvalue weighted by molar-refractivity contribution is -0.123. The Morgan fingerprint density at radius 2 is 2.00 bits per heavy atom. The van der Waals surface area contributed by atoms with Crippen molar-refractivity contribution in [2.45, 2.75) is 26.7 Å². The number of benzene rings is 1. The monoisotopic (exact) mass is 320 g/mol. The highest BCUT2D eigenvalue weighted by molar-refractivity contribution is 8.18. The summed E-state index contributed by atoms with van der Waals surface area (Å²) >= 11 is 0.945. The van der Waals surface area contributed by atoms with Crippen LogP contribution in [0, 0.1) is 5.92 Å². The minimum Gasteiger partial charge on any atom is -0.506 e. The number of aromatic hydroxyl groups is 1. The van der Waals surface area contributed by atoms with E-state index in [9.17, 15) is 14.7 Å². The third-order valence-corrected chi connectivity index (χ3v) is 4.73. The van der Waals surface area contributed by atoms with Gasteiger partial charge in [-0.2, -0.15) is 0 Å².